The molecular formula is C17H26N2O. The molecule has 1 fully saturated rings. The van der Waals surface area contributed by atoms with E-state index < -0.39 is 0 Å². The van der Waals surface area contributed by atoms with E-state index in [2.05, 4.69) is 50.4 Å². The lowest BCUT2D eigenvalue weighted by atomic mass is 9.86. The van der Waals surface area contributed by atoms with Crippen LogP contribution in [0, 0.1) is 0 Å². The van der Waals surface area contributed by atoms with Crippen LogP contribution < -0.4 is 5.32 Å². The maximum atomic E-state index is 12.3. The van der Waals surface area contributed by atoms with Crippen molar-refractivity contribution in [1.82, 2.24) is 10.2 Å². The van der Waals surface area contributed by atoms with Crippen LogP contribution in [0.3, 0.4) is 0 Å². The molecule has 3 heteroatoms. The molecule has 1 aromatic rings. The molecular weight excluding hydrogens is 248 g/mol. The lowest BCUT2D eigenvalue weighted by Gasteiger charge is -2.21. The summed E-state index contributed by atoms with van der Waals surface area (Å²) in [5.41, 5.74) is 2.59. The number of hydrogen-bond donors (Lipinski definition) is 1. The minimum absolute atomic E-state index is 0.166. The van der Waals surface area contributed by atoms with E-state index in [1.807, 2.05) is 4.90 Å². The first-order valence-electron chi connectivity index (χ1n) is 7.55. The number of hydrogen-bond acceptors (Lipinski definition) is 2. The molecule has 1 amide bonds. The van der Waals surface area contributed by atoms with E-state index in [0.29, 0.717) is 6.42 Å². The van der Waals surface area contributed by atoms with Gasteiger partial charge in [0.2, 0.25) is 5.91 Å². The maximum Gasteiger partial charge on any atom is 0.227 e. The van der Waals surface area contributed by atoms with Crippen LogP contribution in [0.4, 0.5) is 0 Å². The zero-order chi connectivity index (χ0) is 14.6. The predicted molar refractivity (Wildman–Crippen MR) is 82.9 cm³/mol. The van der Waals surface area contributed by atoms with Crippen molar-refractivity contribution in [2.45, 2.75) is 39.0 Å². The third-order valence-electron chi connectivity index (χ3n) is 3.87. The van der Waals surface area contributed by atoms with E-state index in [0.717, 1.165) is 38.2 Å². The van der Waals surface area contributed by atoms with Gasteiger partial charge >= 0.3 is 0 Å². The number of carbonyl (C=O) groups excluding carboxylic acids is 1. The lowest BCUT2D eigenvalue weighted by molar-refractivity contribution is -0.130. The number of carbonyl (C=O) groups is 1. The highest BCUT2D eigenvalue weighted by Crippen LogP contribution is 2.22. The SMILES string of the molecule is CC(C)(C)c1ccc(CC(=O)N2CCCNCC2)cc1. The van der Waals surface area contributed by atoms with E-state index in [9.17, 15) is 4.79 Å². The third kappa shape index (κ3) is 4.07. The molecule has 110 valence electrons. The quantitative estimate of drug-likeness (QED) is 0.898. The number of amides is 1. The monoisotopic (exact) mass is 274 g/mol. The zero-order valence-corrected chi connectivity index (χ0v) is 12.9. The van der Waals surface area contributed by atoms with Gasteiger partial charge in [-0.1, -0.05) is 45.0 Å². The van der Waals surface area contributed by atoms with E-state index in [4.69, 9.17) is 0 Å². The van der Waals surface area contributed by atoms with E-state index in [1.165, 1.54) is 5.56 Å². The smallest absolute Gasteiger partial charge is 0.227 e. The van der Waals surface area contributed by atoms with Crippen molar-refractivity contribution in [3.63, 3.8) is 0 Å². The second-order valence-electron chi connectivity index (χ2n) is 6.61. The zero-order valence-electron chi connectivity index (χ0n) is 12.9. The number of benzene rings is 1. The average molecular weight is 274 g/mol. The Balaban J connectivity index is 1.97. The van der Waals surface area contributed by atoms with Gasteiger partial charge in [-0.15, -0.1) is 0 Å². The van der Waals surface area contributed by atoms with Crippen LogP contribution in [0.25, 0.3) is 0 Å². The van der Waals surface area contributed by atoms with Crippen molar-refractivity contribution in [2.24, 2.45) is 0 Å². The number of nitrogens with zero attached hydrogens (tertiary/aromatic N) is 1. The second-order valence-corrected chi connectivity index (χ2v) is 6.61. The fraction of sp³-hybridized carbons (Fsp3) is 0.588. The highest BCUT2D eigenvalue weighted by Gasteiger charge is 2.16. The third-order valence-corrected chi connectivity index (χ3v) is 3.87. The van der Waals surface area contributed by atoms with Crippen molar-refractivity contribution in [1.29, 1.82) is 0 Å². The molecule has 0 atom stereocenters. The molecule has 0 radical (unpaired) electrons. The van der Waals surface area contributed by atoms with Crippen molar-refractivity contribution in [3.8, 4) is 0 Å². The largest absolute Gasteiger partial charge is 0.341 e. The van der Waals surface area contributed by atoms with Gasteiger partial charge in [-0.05, 0) is 29.5 Å². The molecule has 1 aromatic carbocycles. The van der Waals surface area contributed by atoms with Crippen molar-refractivity contribution < 1.29 is 4.79 Å². The first-order valence-corrected chi connectivity index (χ1v) is 7.55. The molecule has 1 N–H and O–H groups in total. The van der Waals surface area contributed by atoms with Gasteiger partial charge in [-0.2, -0.15) is 0 Å². The molecule has 0 aliphatic carbocycles. The van der Waals surface area contributed by atoms with Gasteiger partial charge in [0.05, 0.1) is 6.42 Å². The van der Waals surface area contributed by atoms with Crippen molar-refractivity contribution in [3.05, 3.63) is 35.4 Å². The van der Waals surface area contributed by atoms with Crippen LogP contribution in [0.2, 0.25) is 0 Å². The van der Waals surface area contributed by atoms with E-state index in [-0.39, 0.29) is 11.3 Å². The predicted octanol–water partition coefficient (Wildman–Crippen LogP) is 2.35. The van der Waals surface area contributed by atoms with Gasteiger partial charge in [0.25, 0.3) is 0 Å². The Morgan fingerprint density at radius 3 is 2.50 bits per heavy atom. The molecule has 3 nitrogen and oxygen atoms in total. The second kappa shape index (κ2) is 6.40. The van der Waals surface area contributed by atoms with Gasteiger partial charge in [-0.25, -0.2) is 0 Å². The Kier molecular flexibility index (Phi) is 4.81. The Labute approximate surface area is 122 Å². The molecule has 1 heterocycles. The van der Waals surface area contributed by atoms with Gasteiger partial charge in [0, 0.05) is 19.6 Å². The first kappa shape index (κ1) is 15.0. The summed E-state index contributed by atoms with van der Waals surface area (Å²) >= 11 is 0. The Hall–Kier alpha value is -1.35. The average Bonchev–Trinajstić information content (AvgIpc) is 2.67. The number of nitrogens with one attached hydrogen (secondary N) is 1. The minimum Gasteiger partial charge on any atom is -0.341 e. The fourth-order valence-electron chi connectivity index (χ4n) is 2.50. The van der Waals surface area contributed by atoms with Gasteiger partial charge in [0.1, 0.15) is 0 Å². The molecule has 0 saturated carbocycles. The van der Waals surface area contributed by atoms with Crippen LogP contribution >= 0.6 is 0 Å². The van der Waals surface area contributed by atoms with Crippen LogP contribution in [0.15, 0.2) is 24.3 Å². The maximum absolute atomic E-state index is 12.3. The molecule has 2 rings (SSSR count). The first-order chi connectivity index (χ1) is 9.47. The van der Waals surface area contributed by atoms with Crippen molar-refractivity contribution >= 4 is 5.91 Å². The summed E-state index contributed by atoms with van der Waals surface area (Å²) in [7, 11) is 0. The summed E-state index contributed by atoms with van der Waals surface area (Å²) in [6.07, 6.45) is 1.57. The molecule has 0 bridgehead atoms. The summed E-state index contributed by atoms with van der Waals surface area (Å²) in [6.45, 7) is 10.3. The van der Waals surface area contributed by atoms with Crippen LogP contribution in [0.1, 0.15) is 38.3 Å². The Morgan fingerprint density at radius 1 is 1.15 bits per heavy atom. The number of rotatable bonds is 2. The Bertz CT molecular complexity index is 437. The highest BCUT2D eigenvalue weighted by molar-refractivity contribution is 5.78. The Morgan fingerprint density at radius 2 is 1.85 bits per heavy atom. The summed E-state index contributed by atoms with van der Waals surface area (Å²) in [6, 6.07) is 8.47. The standard InChI is InChI=1S/C17H26N2O/c1-17(2,3)15-7-5-14(6-8-15)13-16(20)19-11-4-9-18-10-12-19/h5-8,18H,4,9-13H2,1-3H3. The topological polar surface area (TPSA) is 32.3 Å². The molecule has 0 unspecified atom stereocenters. The molecule has 1 saturated heterocycles. The van der Waals surface area contributed by atoms with Crippen LogP contribution in [-0.4, -0.2) is 37.0 Å². The lowest BCUT2D eigenvalue weighted by Crippen LogP contribution is -2.35. The molecule has 1 aliphatic heterocycles. The molecule has 0 aromatic heterocycles. The summed E-state index contributed by atoms with van der Waals surface area (Å²) < 4.78 is 0. The van der Waals surface area contributed by atoms with Crippen molar-refractivity contribution in [2.75, 3.05) is 26.2 Å². The van der Waals surface area contributed by atoms with Gasteiger partial charge < -0.3 is 10.2 Å². The molecule has 1 aliphatic rings. The normalized spacial score (nSPS) is 16.9. The molecule has 0 spiro atoms. The van der Waals surface area contributed by atoms with Crippen LogP contribution in [0.5, 0.6) is 0 Å². The molecule has 20 heavy (non-hydrogen) atoms. The summed E-state index contributed by atoms with van der Waals surface area (Å²) in [5.74, 6) is 0.247. The van der Waals surface area contributed by atoms with Gasteiger partial charge in [0.15, 0.2) is 0 Å². The van der Waals surface area contributed by atoms with Gasteiger partial charge in [-0.3, -0.25) is 4.79 Å². The summed E-state index contributed by atoms with van der Waals surface area (Å²) in [4.78, 5) is 14.3. The minimum atomic E-state index is 0.166. The van der Waals surface area contributed by atoms with E-state index in [1.54, 1.807) is 0 Å². The summed E-state index contributed by atoms with van der Waals surface area (Å²) in [5, 5.41) is 3.33. The highest BCUT2D eigenvalue weighted by atomic mass is 16.2. The fourth-order valence-corrected chi connectivity index (χ4v) is 2.50. The van der Waals surface area contributed by atoms with E-state index >= 15 is 0 Å². The van der Waals surface area contributed by atoms with Crippen LogP contribution in [-0.2, 0) is 16.6 Å².